The second-order valence-electron chi connectivity index (χ2n) is 2.15. The maximum absolute atomic E-state index is 10.3. The Kier molecular flexibility index (Phi) is 10.3. The summed E-state index contributed by atoms with van der Waals surface area (Å²) in [5.41, 5.74) is 0.955. The quantitative estimate of drug-likeness (QED) is 0.331. The standard InChI is InChI=1S/C6H10O2.C3H6/c1-5(2)4-6(7)8-3;1-3-2/h4H,1-3H3;3H,1H2,2H3. The zero-order valence-electron chi connectivity index (χ0n) is 7.68. The third kappa shape index (κ3) is 17.6. The minimum atomic E-state index is -0.287. The smallest absolute Gasteiger partial charge is 0.330 e. The van der Waals surface area contributed by atoms with Gasteiger partial charge in [0, 0.05) is 6.08 Å². The first-order valence-electron chi connectivity index (χ1n) is 3.38. The van der Waals surface area contributed by atoms with E-state index in [1.807, 2.05) is 20.8 Å². The van der Waals surface area contributed by atoms with Gasteiger partial charge >= 0.3 is 5.97 Å². The summed E-state index contributed by atoms with van der Waals surface area (Å²) in [6.07, 6.45) is 3.19. The summed E-state index contributed by atoms with van der Waals surface area (Å²) in [7, 11) is 1.36. The average Bonchev–Trinajstić information content (AvgIpc) is 1.88. The third-order valence-electron chi connectivity index (χ3n) is 0.608. The molecule has 0 saturated carbocycles. The summed E-state index contributed by atoms with van der Waals surface area (Å²) in [6.45, 7) is 8.94. The van der Waals surface area contributed by atoms with Crippen molar-refractivity contribution in [2.24, 2.45) is 0 Å². The summed E-state index contributed by atoms with van der Waals surface area (Å²) in [6, 6.07) is 0. The molecular formula is C9H16O2. The Balaban J connectivity index is 0. The first kappa shape index (κ1) is 12.6. The molecule has 64 valence electrons. The van der Waals surface area contributed by atoms with E-state index >= 15 is 0 Å². The predicted octanol–water partition coefficient (Wildman–Crippen LogP) is 2.32. The van der Waals surface area contributed by atoms with Gasteiger partial charge in [0.15, 0.2) is 0 Å². The van der Waals surface area contributed by atoms with Crippen molar-refractivity contribution in [1.29, 1.82) is 0 Å². The SMILES string of the molecule is C=CC.COC(=O)C=C(C)C. The molecule has 0 aliphatic heterocycles. The Morgan fingerprint density at radius 3 is 1.91 bits per heavy atom. The van der Waals surface area contributed by atoms with Gasteiger partial charge in [-0.3, -0.25) is 0 Å². The number of allylic oxidation sites excluding steroid dienone is 2. The summed E-state index contributed by atoms with van der Waals surface area (Å²) in [5.74, 6) is -0.287. The molecule has 0 N–H and O–H groups in total. The van der Waals surface area contributed by atoms with Gasteiger partial charge in [-0.15, -0.1) is 6.58 Å². The minimum Gasteiger partial charge on any atom is -0.466 e. The van der Waals surface area contributed by atoms with Crippen molar-refractivity contribution in [3.63, 3.8) is 0 Å². The van der Waals surface area contributed by atoms with Crippen LogP contribution in [0, 0.1) is 0 Å². The van der Waals surface area contributed by atoms with Crippen LogP contribution in [0.25, 0.3) is 0 Å². The lowest BCUT2D eigenvalue weighted by atomic mass is 10.3. The molecule has 0 aliphatic rings. The highest BCUT2D eigenvalue weighted by atomic mass is 16.5. The van der Waals surface area contributed by atoms with Gasteiger partial charge < -0.3 is 4.74 Å². The molecule has 0 aliphatic carbocycles. The molecule has 0 fully saturated rings. The molecule has 0 aromatic carbocycles. The molecule has 0 radical (unpaired) electrons. The summed E-state index contributed by atoms with van der Waals surface area (Å²) < 4.78 is 4.35. The van der Waals surface area contributed by atoms with Gasteiger partial charge in [0.1, 0.15) is 0 Å². The van der Waals surface area contributed by atoms with Crippen molar-refractivity contribution < 1.29 is 9.53 Å². The van der Waals surface area contributed by atoms with E-state index in [0.29, 0.717) is 0 Å². The van der Waals surface area contributed by atoms with Gasteiger partial charge in [-0.2, -0.15) is 0 Å². The van der Waals surface area contributed by atoms with Crippen molar-refractivity contribution in [1.82, 2.24) is 0 Å². The summed E-state index contributed by atoms with van der Waals surface area (Å²) >= 11 is 0. The van der Waals surface area contributed by atoms with E-state index in [0.717, 1.165) is 5.57 Å². The Morgan fingerprint density at radius 1 is 1.45 bits per heavy atom. The molecule has 0 aromatic rings. The van der Waals surface area contributed by atoms with Gasteiger partial charge in [-0.1, -0.05) is 11.6 Å². The molecule has 2 nitrogen and oxygen atoms in total. The van der Waals surface area contributed by atoms with Crippen LogP contribution in [0.5, 0.6) is 0 Å². The fourth-order valence-electron chi connectivity index (χ4n) is 0.295. The fraction of sp³-hybridized carbons (Fsp3) is 0.444. The molecule has 0 unspecified atom stereocenters. The molecule has 0 aromatic heterocycles. The highest BCUT2D eigenvalue weighted by Crippen LogP contribution is 1.88. The number of hydrogen-bond acceptors (Lipinski definition) is 2. The van der Waals surface area contributed by atoms with Gasteiger partial charge in [-0.25, -0.2) is 4.79 Å². The van der Waals surface area contributed by atoms with Crippen molar-refractivity contribution in [2.45, 2.75) is 20.8 Å². The molecule has 0 saturated heterocycles. The predicted molar refractivity (Wildman–Crippen MR) is 47.3 cm³/mol. The lowest BCUT2D eigenvalue weighted by Gasteiger charge is -1.89. The number of carbonyl (C=O) groups is 1. The normalized spacial score (nSPS) is 6.91. The fourth-order valence-corrected chi connectivity index (χ4v) is 0.295. The maximum Gasteiger partial charge on any atom is 0.330 e. The molecule has 0 bridgehead atoms. The molecule has 0 heterocycles. The number of methoxy groups -OCH3 is 1. The summed E-state index contributed by atoms with van der Waals surface area (Å²) in [5, 5.41) is 0. The Bertz CT molecular complexity index is 142. The van der Waals surface area contributed by atoms with Gasteiger partial charge in [0.05, 0.1) is 7.11 Å². The Morgan fingerprint density at radius 2 is 1.82 bits per heavy atom. The highest BCUT2D eigenvalue weighted by molar-refractivity contribution is 5.82. The number of rotatable bonds is 1. The van der Waals surface area contributed by atoms with Crippen LogP contribution in [0.2, 0.25) is 0 Å². The zero-order valence-corrected chi connectivity index (χ0v) is 7.68. The largest absolute Gasteiger partial charge is 0.466 e. The maximum atomic E-state index is 10.3. The van der Waals surface area contributed by atoms with Gasteiger partial charge in [0.2, 0.25) is 0 Å². The van der Waals surface area contributed by atoms with Crippen LogP contribution in [0.15, 0.2) is 24.3 Å². The highest BCUT2D eigenvalue weighted by Gasteiger charge is 1.89. The van der Waals surface area contributed by atoms with E-state index in [-0.39, 0.29) is 5.97 Å². The van der Waals surface area contributed by atoms with E-state index in [9.17, 15) is 4.79 Å². The van der Waals surface area contributed by atoms with Crippen LogP contribution < -0.4 is 0 Å². The number of esters is 1. The van der Waals surface area contributed by atoms with Gasteiger partial charge in [-0.05, 0) is 20.8 Å². The van der Waals surface area contributed by atoms with E-state index in [4.69, 9.17) is 0 Å². The first-order chi connectivity index (χ1) is 5.08. The van der Waals surface area contributed by atoms with E-state index < -0.39 is 0 Å². The molecule has 0 spiro atoms. The lowest BCUT2D eigenvalue weighted by molar-refractivity contribution is -0.134. The molecule has 0 atom stereocenters. The molecule has 11 heavy (non-hydrogen) atoms. The lowest BCUT2D eigenvalue weighted by Crippen LogP contribution is -1.94. The Labute approximate surface area is 68.6 Å². The molecule has 0 amide bonds. The average molecular weight is 156 g/mol. The van der Waals surface area contributed by atoms with Crippen LogP contribution in [-0.4, -0.2) is 13.1 Å². The van der Waals surface area contributed by atoms with Crippen molar-refractivity contribution in [2.75, 3.05) is 7.11 Å². The minimum absolute atomic E-state index is 0.287. The summed E-state index contributed by atoms with van der Waals surface area (Å²) in [4.78, 5) is 10.3. The van der Waals surface area contributed by atoms with Crippen LogP contribution in [0.3, 0.4) is 0 Å². The van der Waals surface area contributed by atoms with Crippen LogP contribution >= 0.6 is 0 Å². The third-order valence-corrected chi connectivity index (χ3v) is 0.608. The topological polar surface area (TPSA) is 26.3 Å². The number of ether oxygens (including phenoxy) is 1. The second kappa shape index (κ2) is 8.95. The van der Waals surface area contributed by atoms with Gasteiger partial charge in [0.25, 0.3) is 0 Å². The molecule has 0 rings (SSSR count). The Hall–Kier alpha value is -1.05. The zero-order chi connectivity index (χ0) is 9.28. The van der Waals surface area contributed by atoms with Crippen LogP contribution in [0.1, 0.15) is 20.8 Å². The van der Waals surface area contributed by atoms with Crippen molar-refractivity contribution >= 4 is 5.97 Å². The van der Waals surface area contributed by atoms with E-state index in [1.54, 1.807) is 6.08 Å². The van der Waals surface area contributed by atoms with Crippen molar-refractivity contribution in [3.8, 4) is 0 Å². The number of hydrogen-bond donors (Lipinski definition) is 0. The van der Waals surface area contributed by atoms with Crippen LogP contribution in [-0.2, 0) is 9.53 Å². The monoisotopic (exact) mass is 156 g/mol. The van der Waals surface area contributed by atoms with E-state index in [2.05, 4.69) is 11.3 Å². The molecule has 2 heteroatoms. The number of carbonyl (C=O) groups excluding carboxylic acids is 1. The second-order valence-corrected chi connectivity index (χ2v) is 2.15. The molecular weight excluding hydrogens is 140 g/mol. The van der Waals surface area contributed by atoms with E-state index in [1.165, 1.54) is 13.2 Å². The van der Waals surface area contributed by atoms with Crippen LogP contribution in [0.4, 0.5) is 0 Å². The van der Waals surface area contributed by atoms with Crippen molar-refractivity contribution in [3.05, 3.63) is 24.3 Å². The first-order valence-corrected chi connectivity index (χ1v) is 3.38.